The highest BCUT2D eigenvalue weighted by Crippen LogP contribution is 2.25. The van der Waals surface area contributed by atoms with Gasteiger partial charge in [-0.25, -0.2) is 0 Å². The van der Waals surface area contributed by atoms with E-state index in [1.807, 2.05) is 19.1 Å². The minimum Gasteiger partial charge on any atom is -0.322 e. The zero-order valence-electron chi connectivity index (χ0n) is 8.25. The molecule has 0 heterocycles. The first-order chi connectivity index (χ1) is 6.57. The van der Waals surface area contributed by atoms with Crippen molar-refractivity contribution in [3.63, 3.8) is 0 Å². The Morgan fingerprint density at radius 2 is 2.21 bits per heavy atom. The standard InChI is InChI=1S/C10H13ClN2O/c1-7-8(11)4-3-5-9(7)13(2)10(14)6-12/h3-5H,6,12H2,1-2H3. The summed E-state index contributed by atoms with van der Waals surface area (Å²) in [6.07, 6.45) is 0. The molecule has 3 nitrogen and oxygen atoms in total. The van der Waals surface area contributed by atoms with Crippen molar-refractivity contribution in [3.05, 3.63) is 28.8 Å². The van der Waals surface area contributed by atoms with Gasteiger partial charge in [0.15, 0.2) is 0 Å². The Bertz CT molecular complexity index is 352. The minimum atomic E-state index is -0.129. The summed E-state index contributed by atoms with van der Waals surface area (Å²) in [6.45, 7) is 1.88. The zero-order valence-corrected chi connectivity index (χ0v) is 9.01. The van der Waals surface area contributed by atoms with Gasteiger partial charge in [0.25, 0.3) is 0 Å². The summed E-state index contributed by atoms with van der Waals surface area (Å²) in [4.78, 5) is 12.8. The van der Waals surface area contributed by atoms with Crippen LogP contribution >= 0.6 is 11.6 Å². The topological polar surface area (TPSA) is 46.3 Å². The first-order valence-corrected chi connectivity index (χ1v) is 4.67. The highest BCUT2D eigenvalue weighted by Gasteiger charge is 2.11. The van der Waals surface area contributed by atoms with Crippen molar-refractivity contribution in [2.45, 2.75) is 6.92 Å². The van der Waals surface area contributed by atoms with Gasteiger partial charge in [-0.1, -0.05) is 17.7 Å². The Morgan fingerprint density at radius 1 is 1.57 bits per heavy atom. The average Bonchev–Trinajstić information content (AvgIpc) is 2.20. The summed E-state index contributed by atoms with van der Waals surface area (Å²) in [5.74, 6) is -0.129. The average molecular weight is 213 g/mol. The lowest BCUT2D eigenvalue weighted by molar-refractivity contribution is -0.117. The van der Waals surface area contributed by atoms with Crippen molar-refractivity contribution >= 4 is 23.2 Å². The van der Waals surface area contributed by atoms with Crippen LogP contribution in [-0.2, 0) is 4.79 Å². The molecule has 0 aliphatic carbocycles. The number of nitrogens with zero attached hydrogens (tertiary/aromatic N) is 1. The van der Waals surface area contributed by atoms with Gasteiger partial charge in [-0.3, -0.25) is 4.79 Å². The summed E-state index contributed by atoms with van der Waals surface area (Å²) >= 11 is 5.94. The maximum atomic E-state index is 11.3. The molecule has 1 aromatic rings. The third-order valence-electron chi connectivity index (χ3n) is 2.15. The minimum absolute atomic E-state index is 0.00243. The SMILES string of the molecule is Cc1c(Cl)cccc1N(C)C(=O)CN. The van der Waals surface area contributed by atoms with E-state index >= 15 is 0 Å². The van der Waals surface area contributed by atoms with Gasteiger partial charge in [-0.15, -0.1) is 0 Å². The summed E-state index contributed by atoms with van der Waals surface area (Å²) < 4.78 is 0. The molecule has 2 N–H and O–H groups in total. The molecule has 0 atom stereocenters. The van der Waals surface area contributed by atoms with E-state index in [2.05, 4.69) is 0 Å². The van der Waals surface area contributed by atoms with Crippen LogP contribution in [0, 0.1) is 6.92 Å². The number of carbonyl (C=O) groups excluding carboxylic acids is 1. The van der Waals surface area contributed by atoms with Gasteiger partial charge < -0.3 is 10.6 Å². The van der Waals surface area contributed by atoms with E-state index in [0.717, 1.165) is 11.3 Å². The number of rotatable bonds is 2. The Hall–Kier alpha value is -1.06. The van der Waals surface area contributed by atoms with Crippen LogP contribution in [-0.4, -0.2) is 19.5 Å². The zero-order chi connectivity index (χ0) is 10.7. The van der Waals surface area contributed by atoms with Crippen molar-refractivity contribution in [1.82, 2.24) is 0 Å². The number of benzene rings is 1. The second-order valence-electron chi connectivity index (χ2n) is 3.04. The van der Waals surface area contributed by atoms with E-state index in [1.165, 1.54) is 4.90 Å². The van der Waals surface area contributed by atoms with Crippen LogP contribution < -0.4 is 10.6 Å². The number of hydrogen-bond donors (Lipinski definition) is 1. The van der Waals surface area contributed by atoms with E-state index in [9.17, 15) is 4.79 Å². The van der Waals surface area contributed by atoms with E-state index in [4.69, 9.17) is 17.3 Å². The van der Waals surface area contributed by atoms with Crippen LogP contribution in [0.3, 0.4) is 0 Å². The number of likely N-dealkylation sites (N-methyl/N-ethyl adjacent to an activating group) is 1. The summed E-state index contributed by atoms with van der Waals surface area (Å²) in [5, 5.41) is 0.652. The van der Waals surface area contributed by atoms with Crippen LogP contribution in [0.15, 0.2) is 18.2 Å². The lowest BCUT2D eigenvalue weighted by Gasteiger charge is -2.19. The summed E-state index contributed by atoms with van der Waals surface area (Å²) in [7, 11) is 1.69. The lowest BCUT2D eigenvalue weighted by Crippen LogP contribution is -2.32. The Kier molecular flexibility index (Phi) is 3.49. The molecule has 0 spiro atoms. The summed E-state index contributed by atoms with van der Waals surface area (Å²) in [6, 6.07) is 5.45. The van der Waals surface area contributed by atoms with Gasteiger partial charge in [-0.05, 0) is 24.6 Å². The monoisotopic (exact) mass is 212 g/mol. The molecular formula is C10H13ClN2O. The van der Waals surface area contributed by atoms with E-state index in [0.29, 0.717) is 5.02 Å². The molecule has 14 heavy (non-hydrogen) atoms. The van der Waals surface area contributed by atoms with Crippen LogP contribution in [0.4, 0.5) is 5.69 Å². The third kappa shape index (κ3) is 2.05. The van der Waals surface area contributed by atoms with Crippen LogP contribution in [0.2, 0.25) is 5.02 Å². The molecule has 1 rings (SSSR count). The van der Waals surface area contributed by atoms with Crippen molar-refractivity contribution < 1.29 is 4.79 Å². The number of amides is 1. The molecule has 0 aliphatic heterocycles. The van der Waals surface area contributed by atoms with Crippen LogP contribution in [0.25, 0.3) is 0 Å². The third-order valence-corrected chi connectivity index (χ3v) is 2.56. The molecule has 0 unspecified atom stereocenters. The van der Waals surface area contributed by atoms with E-state index < -0.39 is 0 Å². The second-order valence-corrected chi connectivity index (χ2v) is 3.45. The number of anilines is 1. The van der Waals surface area contributed by atoms with Crippen LogP contribution in [0.5, 0.6) is 0 Å². The van der Waals surface area contributed by atoms with Gasteiger partial charge >= 0.3 is 0 Å². The molecule has 0 radical (unpaired) electrons. The van der Waals surface area contributed by atoms with E-state index in [-0.39, 0.29) is 12.5 Å². The molecule has 0 saturated carbocycles. The Labute approximate surface area is 88.5 Å². The molecule has 0 saturated heterocycles. The molecule has 0 aromatic heterocycles. The normalized spacial score (nSPS) is 10.0. The lowest BCUT2D eigenvalue weighted by atomic mass is 10.2. The largest absolute Gasteiger partial charge is 0.322 e. The molecule has 0 fully saturated rings. The van der Waals surface area contributed by atoms with Gasteiger partial charge in [0.05, 0.1) is 6.54 Å². The molecule has 0 bridgehead atoms. The highest BCUT2D eigenvalue weighted by molar-refractivity contribution is 6.31. The maximum absolute atomic E-state index is 11.3. The van der Waals surface area contributed by atoms with Gasteiger partial charge in [0, 0.05) is 17.8 Å². The second kappa shape index (κ2) is 4.44. The van der Waals surface area contributed by atoms with Crippen molar-refractivity contribution in [3.8, 4) is 0 Å². The first kappa shape index (κ1) is 11.0. The predicted octanol–water partition coefficient (Wildman–Crippen LogP) is 1.57. The summed E-state index contributed by atoms with van der Waals surface area (Å²) in [5.41, 5.74) is 6.96. The smallest absolute Gasteiger partial charge is 0.240 e. The van der Waals surface area contributed by atoms with E-state index in [1.54, 1.807) is 13.1 Å². The molecule has 4 heteroatoms. The molecule has 1 aromatic carbocycles. The molecule has 0 aliphatic rings. The number of nitrogens with two attached hydrogens (primary N) is 1. The van der Waals surface area contributed by atoms with Crippen LogP contribution in [0.1, 0.15) is 5.56 Å². The predicted molar refractivity (Wildman–Crippen MR) is 58.7 cm³/mol. The van der Waals surface area contributed by atoms with Crippen molar-refractivity contribution in [1.29, 1.82) is 0 Å². The molecular weight excluding hydrogens is 200 g/mol. The number of carbonyl (C=O) groups is 1. The molecule has 76 valence electrons. The molecule has 1 amide bonds. The fourth-order valence-corrected chi connectivity index (χ4v) is 1.40. The fourth-order valence-electron chi connectivity index (χ4n) is 1.23. The number of halogens is 1. The number of hydrogen-bond acceptors (Lipinski definition) is 2. The van der Waals surface area contributed by atoms with Gasteiger partial charge in [0.1, 0.15) is 0 Å². The Balaban J connectivity index is 3.07. The van der Waals surface area contributed by atoms with Crippen molar-refractivity contribution in [2.24, 2.45) is 5.73 Å². The fraction of sp³-hybridized carbons (Fsp3) is 0.300. The van der Waals surface area contributed by atoms with Crippen molar-refractivity contribution in [2.75, 3.05) is 18.5 Å². The van der Waals surface area contributed by atoms with Gasteiger partial charge in [-0.2, -0.15) is 0 Å². The Morgan fingerprint density at radius 3 is 2.79 bits per heavy atom. The highest BCUT2D eigenvalue weighted by atomic mass is 35.5. The first-order valence-electron chi connectivity index (χ1n) is 4.29. The van der Waals surface area contributed by atoms with Gasteiger partial charge in [0.2, 0.25) is 5.91 Å². The quantitative estimate of drug-likeness (QED) is 0.809. The maximum Gasteiger partial charge on any atom is 0.240 e.